The number of esters is 1. The molecule has 0 aliphatic carbocycles. The number of nitrogens with zero attached hydrogens (tertiary/aromatic N) is 1. The van der Waals surface area contributed by atoms with E-state index in [-0.39, 0.29) is 18.9 Å². The van der Waals surface area contributed by atoms with Gasteiger partial charge >= 0.3 is 11.7 Å². The maximum Gasteiger partial charge on any atom is 0.419 e. The molecule has 128 valence electrons. The predicted octanol–water partition coefficient (Wildman–Crippen LogP) is 2.29. The zero-order chi connectivity index (χ0) is 17.3. The van der Waals surface area contributed by atoms with Gasteiger partial charge in [-0.15, -0.1) is 0 Å². The molecule has 0 spiro atoms. The van der Waals surface area contributed by atoms with Crippen LogP contribution >= 0.6 is 0 Å². The number of rotatable bonds is 10. The van der Waals surface area contributed by atoms with Gasteiger partial charge in [-0.05, 0) is 18.4 Å². The Bertz CT molecular complexity index is 507. The number of carbonyl (C=O) groups is 1. The standard InChI is InChI=1S/C16H23NO6/c1-3-7-14(23-12-13-8-5-4-6-9-13)10-11-16(19,17(20)21)15(18)22-2/h4-6,8-9,14,19H,3,7,10-12H2,1-2H3/t14?,16-/m0/s1. The molecular formula is C16H23NO6. The topological polar surface area (TPSA) is 98.9 Å². The second-order valence-corrected chi connectivity index (χ2v) is 5.31. The van der Waals surface area contributed by atoms with Gasteiger partial charge in [0.25, 0.3) is 0 Å². The Hall–Kier alpha value is -1.99. The number of benzene rings is 1. The Morgan fingerprint density at radius 3 is 2.52 bits per heavy atom. The zero-order valence-corrected chi connectivity index (χ0v) is 13.4. The van der Waals surface area contributed by atoms with Gasteiger partial charge in [-0.3, -0.25) is 10.1 Å². The van der Waals surface area contributed by atoms with Crippen LogP contribution in [0.25, 0.3) is 0 Å². The van der Waals surface area contributed by atoms with E-state index in [1.54, 1.807) is 0 Å². The van der Waals surface area contributed by atoms with Gasteiger partial charge in [-0.2, -0.15) is 0 Å². The number of hydrogen-bond acceptors (Lipinski definition) is 6. The number of aliphatic hydroxyl groups is 1. The summed E-state index contributed by atoms with van der Waals surface area (Å²) in [6.07, 6.45) is 1.06. The molecule has 1 unspecified atom stereocenters. The van der Waals surface area contributed by atoms with Crippen molar-refractivity contribution >= 4 is 5.97 Å². The average Bonchev–Trinajstić information content (AvgIpc) is 2.57. The summed E-state index contributed by atoms with van der Waals surface area (Å²) in [7, 11) is 1.01. The van der Waals surface area contributed by atoms with E-state index in [1.807, 2.05) is 37.3 Å². The first-order valence-electron chi connectivity index (χ1n) is 7.54. The summed E-state index contributed by atoms with van der Waals surface area (Å²) in [5.41, 5.74) is -1.73. The van der Waals surface area contributed by atoms with Crippen molar-refractivity contribution in [2.45, 2.75) is 51.0 Å². The van der Waals surface area contributed by atoms with Crippen LogP contribution in [-0.2, 0) is 20.9 Å². The molecule has 0 aromatic heterocycles. The highest BCUT2D eigenvalue weighted by Gasteiger charge is 2.50. The summed E-state index contributed by atoms with van der Waals surface area (Å²) < 4.78 is 10.1. The van der Waals surface area contributed by atoms with Crippen LogP contribution in [0.1, 0.15) is 38.2 Å². The molecule has 0 saturated heterocycles. The molecule has 0 fully saturated rings. The van der Waals surface area contributed by atoms with Crippen molar-refractivity contribution in [3.63, 3.8) is 0 Å². The van der Waals surface area contributed by atoms with E-state index in [4.69, 9.17) is 4.74 Å². The highest BCUT2D eigenvalue weighted by molar-refractivity contribution is 5.76. The molecule has 1 rings (SSSR count). The summed E-state index contributed by atoms with van der Waals surface area (Å²) in [5.74, 6) is -1.26. The van der Waals surface area contributed by atoms with Gasteiger partial charge < -0.3 is 14.6 Å². The van der Waals surface area contributed by atoms with E-state index in [0.717, 1.165) is 19.1 Å². The monoisotopic (exact) mass is 325 g/mol. The first kappa shape index (κ1) is 19.1. The molecule has 0 bridgehead atoms. The fraction of sp³-hybridized carbons (Fsp3) is 0.562. The molecule has 0 amide bonds. The van der Waals surface area contributed by atoms with Crippen LogP contribution in [0.5, 0.6) is 0 Å². The summed E-state index contributed by atoms with van der Waals surface area (Å²) in [5, 5.41) is 20.9. The lowest BCUT2D eigenvalue weighted by Gasteiger charge is -2.21. The molecule has 0 saturated carbocycles. The molecule has 23 heavy (non-hydrogen) atoms. The molecule has 1 aromatic rings. The minimum Gasteiger partial charge on any atom is -0.462 e. The average molecular weight is 325 g/mol. The van der Waals surface area contributed by atoms with Gasteiger partial charge in [-0.1, -0.05) is 43.7 Å². The second-order valence-electron chi connectivity index (χ2n) is 5.31. The molecule has 1 N–H and O–H groups in total. The minimum atomic E-state index is -2.73. The smallest absolute Gasteiger partial charge is 0.419 e. The normalized spacial score (nSPS) is 14.7. The number of methoxy groups -OCH3 is 1. The van der Waals surface area contributed by atoms with Crippen molar-refractivity contribution in [2.24, 2.45) is 0 Å². The summed E-state index contributed by atoms with van der Waals surface area (Å²) in [4.78, 5) is 21.4. The number of ether oxygens (including phenoxy) is 2. The number of carbonyl (C=O) groups excluding carboxylic acids is 1. The van der Waals surface area contributed by atoms with Gasteiger partial charge in [0.1, 0.15) is 0 Å². The van der Waals surface area contributed by atoms with Gasteiger partial charge in [0.05, 0.1) is 31.2 Å². The van der Waals surface area contributed by atoms with Crippen molar-refractivity contribution in [2.75, 3.05) is 7.11 Å². The number of nitro groups is 1. The molecule has 7 heteroatoms. The SMILES string of the molecule is CCCC(CC[C@](O)(C(=O)OC)[N+](=O)[O-])OCc1ccccc1. The van der Waals surface area contributed by atoms with Crippen LogP contribution < -0.4 is 0 Å². The third-order valence-corrected chi connectivity index (χ3v) is 3.57. The summed E-state index contributed by atoms with van der Waals surface area (Å²) in [6, 6.07) is 9.54. The Kier molecular flexibility index (Phi) is 7.64. The van der Waals surface area contributed by atoms with E-state index in [1.165, 1.54) is 0 Å². The van der Waals surface area contributed by atoms with Crippen LogP contribution in [0.15, 0.2) is 30.3 Å². The Morgan fingerprint density at radius 1 is 1.35 bits per heavy atom. The highest BCUT2D eigenvalue weighted by atomic mass is 16.7. The second kappa shape index (κ2) is 9.22. The fourth-order valence-corrected chi connectivity index (χ4v) is 2.21. The lowest BCUT2D eigenvalue weighted by Crippen LogP contribution is -2.47. The lowest BCUT2D eigenvalue weighted by molar-refractivity contribution is -0.608. The summed E-state index contributed by atoms with van der Waals surface area (Å²) in [6.45, 7) is 2.35. The van der Waals surface area contributed by atoms with Crippen molar-refractivity contribution in [3.05, 3.63) is 46.0 Å². The van der Waals surface area contributed by atoms with Gasteiger partial charge in [0.15, 0.2) is 0 Å². The van der Waals surface area contributed by atoms with E-state index in [0.29, 0.717) is 13.0 Å². The van der Waals surface area contributed by atoms with Crippen molar-refractivity contribution in [3.8, 4) is 0 Å². The highest BCUT2D eigenvalue weighted by Crippen LogP contribution is 2.21. The van der Waals surface area contributed by atoms with Crippen molar-refractivity contribution < 1.29 is 24.3 Å². The van der Waals surface area contributed by atoms with Gasteiger partial charge in [-0.25, -0.2) is 4.79 Å². The Balaban J connectivity index is 2.64. The molecule has 0 aliphatic heterocycles. The van der Waals surface area contributed by atoms with Gasteiger partial charge in [0, 0.05) is 0 Å². The molecule has 0 aliphatic rings. The van der Waals surface area contributed by atoms with Crippen molar-refractivity contribution in [1.82, 2.24) is 0 Å². The van der Waals surface area contributed by atoms with Crippen molar-refractivity contribution in [1.29, 1.82) is 0 Å². The third kappa shape index (κ3) is 5.61. The molecule has 0 heterocycles. The van der Waals surface area contributed by atoms with E-state index < -0.39 is 16.6 Å². The quantitative estimate of drug-likeness (QED) is 0.307. The van der Waals surface area contributed by atoms with Crippen LogP contribution in [0.2, 0.25) is 0 Å². The Labute approximate surface area is 135 Å². The van der Waals surface area contributed by atoms with Gasteiger partial charge in [0.2, 0.25) is 0 Å². The minimum absolute atomic E-state index is 0.188. The Morgan fingerprint density at radius 2 is 2.00 bits per heavy atom. The fourth-order valence-electron chi connectivity index (χ4n) is 2.21. The maximum atomic E-state index is 11.5. The van der Waals surface area contributed by atoms with Crippen LogP contribution in [-0.4, -0.2) is 34.9 Å². The van der Waals surface area contributed by atoms with Crippen LogP contribution in [0.3, 0.4) is 0 Å². The molecule has 2 atom stereocenters. The van der Waals surface area contributed by atoms with Crippen LogP contribution in [0, 0.1) is 10.1 Å². The predicted molar refractivity (Wildman–Crippen MR) is 83.1 cm³/mol. The molecule has 0 radical (unpaired) electrons. The zero-order valence-electron chi connectivity index (χ0n) is 13.4. The molecule has 7 nitrogen and oxygen atoms in total. The molecule has 1 aromatic carbocycles. The van der Waals surface area contributed by atoms with E-state index >= 15 is 0 Å². The van der Waals surface area contributed by atoms with E-state index in [2.05, 4.69) is 4.74 Å². The summed E-state index contributed by atoms with van der Waals surface area (Å²) >= 11 is 0. The third-order valence-electron chi connectivity index (χ3n) is 3.57. The molecular weight excluding hydrogens is 302 g/mol. The maximum absolute atomic E-state index is 11.5. The number of hydrogen-bond donors (Lipinski definition) is 1. The first-order chi connectivity index (χ1) is 10.9. The first-order valence-corrected chi connectivity index (χ1v) is 7.54. The largest absolute Gasteiger partial charge is 0.462 e. The van der Waals surface area contributed by atoms with E-state index in [9.17, 15) is 20.0 Å². The van der Waals surface area contributed by atoms with Crippen LogP contribution in [0.4, 0.5) is 0 Å². The lowest BCUT2D eigenvalue weighted by atomic mass is 10.0.